The van der Waals surface area contributed by atoms with Crippen molar-refractivity contribution in [2.24, 2.45) is 10.2 Å². The van der Waals surface area contributed by atoms with Crippen LogP contribution in [0, 0.1) is 0 Å². The Morgan fingerprint density at radius 2 is 1.83 bits per heavy atom. The van der Waals surface area contributed by atoms with E-state index in [1.165, 1.54) is 22.7 Å². The molecule has 0 unspecified atom stereocenters. The van der Waals surface area contributed by atoms with Crippen LogP contribution in [0.4, 0.5) is 0 Å². The first kappa shape index (κ1) is 24.9. The summed E-state index contributed by atoms with van der Waals surface area (Å²) in [6, 6.07) is 13.9. The van der Waals surface area contributed by atoms with Gasteiger partial charge in [0.05, 0.1) is 44.8 Å². The third-order valence-corrected chi connectivity index (χ3v) is 6.12. The van der Waals surface area contributed by atoms with Crippen LogP contribution in [0.5, 0.6) is 23.0 Å². The molecule has 0 atom stereocenters. The molecule has 1 saturated heterocycles. The van der Waals surface area contributed by atoms with Crippen molar-refractivity contribution in [1.82, 2.24) is 4.90 Å². The highest BCUT2D eigenvalue weighted by atomic mass is 32.2. The minimum absolute atomic E-state index is 0.0376. The van der Waals surface area contributed by atoms with Crippen molar-refractivity contribution >= 4 is 35.1 Å². The molecule has 9 nitrogen and oxygen atoms in total. The summed E-state index contributed by atoms with van der Waals surface area (Å²) in [4.78, 5) is 15.2. The van der Waals surface area contributed by atoms with E-state index in [0.29, 0.717) is 45.3 Å². The molecule has 1 aliphatic heterocycles. The van der Waals surface area contributed by atoms with Gasteiger partial charge in [0.25, 0.3) is 5.91 Å². The normalized spacial score (nSPS) is 15.9. The fraction of sp³-hybridized carbons (Fsp3) is 0.192. The van der Waals surface area contributed by atoms with E-state index in [0.717, 1.165) is 5.56 Å². The minimum Gasteiger partial charge on any atom is -0.504 e. The van der Waals surface area contributed by atoms with Crippen molar-refractivity contribution in [2.45, 2.75) is 13.5 Å². The number of hydrogen-bond donors (Lipinski definition) is 1. The average Bonchev–Trinajstić information content (AvgIpc) is 3.50. The summed E-state index contributed by atoms with van der Waals surface area (Å²) in [6.45, 7) is 2.45. The van der Waals surface area contributed by atoms with Crippen LogP contribution in [0.3, 0.4) is 0 Å². The third kappa shape index (κ3) is 5.72. The summed E-state index contributed by atoms with van der Waals surface area (Å²) in [5.41, 5.74) is 1.47. The van der Waals surface area contributed by atoms with E-state index in [-0.39, 0.29) is 18.2 Å². The standard InChI is InChI=1S/C26H25N3O6S/c1-4-34-22-12-17(7-9-20(22)30)14-24-25(31)29(16-19-6-5-11-35-19)26(36-24)28-27-15-18-8-10-21(32-2)23(13-18)33-3/h5-15,30H,4,16H2,1-3H3/b24-14-,27-15+,28-26-. The van der Waals surface area contributed by atoms with Crippen molar-refractivity contribution in [3.05, 3.63) is 76.6 Å². The number of amides is 1. The molecule has 3 aromatic rings. The number of rotatable bonds is 9. The van der Waals surface area contributed by atoms with Gasteiger partial charge in [-0.1, -0.05) is 6.07 Å². The third-order valence-electron chi connectivity index (χ3n) is 5.12. The average molecular weight is 508 g/mol. The summed E-state index contributed by atoms with van der Waals surface area (Å²) in [6.07, 6.45) is 4.85. The van der Waals surface area contributed by atoms with Crippen molar-refractivity contribution in [3.63, 3.8) is 0 Å². The molecule has 1 N–H and O–H groups in total. The number of benzene rings is 2. The van der Waals surface area contributed by atoms with Gasteiger partial charge in [0.15, 0.2) is 28.2 Å². The van der Waals surface area contributed by atoms with Crippen LogP contribution in [0.25, 0.3) is 6.08 Å². The minimum atomic E-state index is -0.234. The Labute approximate surface area is 212 Å². The molecule has 1 aromatic heterocycles. The van der Waals surface area contributed by atoms with Gasteiger partial charge in [-0.25, -0.2) is 0 Å². The van der Waals surface area contributed by atoms with Crippen LogP contribution in [-0.2, 0) is 11.3 Å². The molecule has 0 radical (unpaired) electrons. The Bertz CT molecular complexity index is 1320. The Hall–Kier alpha value is -4.18. The summed E-state index contributed by atoms with van der Waals surface area (Å²) in [5.74, 6) is 1.95. The van der Waals surface area contributed by atoms with E-state index in [4.69, 9.17) is 18.6 Å². The smallest absolute Gasteiger partial charge is 0.267 e. The van der Waals surface area contributed by atoms with Gasteiger partial charge in [-0.3, -0.25) is 9.69 Å². The maximum absolute atomic E-state index is 13.3. The van der Waals surface area contributed by atoms with Crippen molar-refractivity contribution in [2.75, 3.05) is 20.8 Å². The van der Waals surface area contributed by atoms with E-state index in [1.54, 1.807) is 69.2 Å². The zero-order valence-electron chi connectivity index (χ0n) is 20.0. The molecule has 36 heavy (non-hydrogen) atoms. The number of carbonyl (C=O) groups is 1. The first-order chi connectivity index (χ1) is 17.5. The van der Waals surface area contributed by atoms with Gasteiger partial charge in [-0.2, -0.15) is 5.10 Å². The lowest BCUT2D eigenvalue weighted by Gasteiger charge is -2.12. The first-order valence-corrected chi connectivity index (χ1v) is 11.9. The monoisotopic (exact) mass is 507 g/mol. The van der Waals surface area contributed by atoms with Crippen LogP contribution < -0.4 is 14.2 Å². The second kappa shape index (κ2) is 11.5. The van der Waals surface area contributed by atoms with Crippen LogP contribution in [0.15, 0.2) is 74.3 Å². The maximum Gasteiger partial charge on any atom is 0.267 e. The second-order valence-electron chi connectivity index (χ2n) is 7.48. The second-order valence-corrected chi connectivity index (χ2v) is 8.49. The molecule has 0 saturated carbocycles. The van der Waals surface area contributed by atoms with Gasteiger partial charge in [0, 0.05) is 0 Å². The predicted octanol–water partition coefficient (Wildman–Crippen LogP) is 4.91. The molecule has 186 valence electrons. The van der Waals surface area contributed by atoms with Gasteiger partial charge in [-0.15, -0.1) is 5.10 Å². The molecule has 0 spiro atoms. The number of methoxy groups -OCH3 is 2. The number of hydrogen-bond acceptors (Lipinski definition) is 9. The van der Waals surface area contributed by atoms with Gasteiger partial charge in [0.1, 0.15) is 5.76 Å². The van der Waals surface area contributed by atoms with Crippen molar-refractivity contribution in [1.29, 1.82) is 0 Å². The molecule has 2 aromatic carbocycles. The Morgan fingerprint density at radius 3 is 2.56 bits per heavy atom. The molecule has 1 aliphatic rings. The summed E-state index contributed by atoms with van der Waals surface area (Å²) in [5, 5.41) is 18.9. The molecule has 0 aliphatic carbocycles. The number of amidine groups is 1. The van der Waals surface area contributed by atoms with Gasteiger partial charge in [-0.05, 0) is 78.4 Å². The highest BCUT2D eigenvalue weighted by Gasteiger charge is 2.34. The van der Waals surface area contributed by atoms with Crippen molar-refractivity contribution < 1.29 is 28.5 Å². The molecular formula is C26H25N3O6S. The predicted molar refractivity (Wildman–Crippen MR) is 139 cm³/mol. The molecular weight excluding hydrogens is 482 g/mol. The number of nitrogens with zero attached hydrogens (tertiary/aromatic N) is 3. The number of ether oxygens (including phenoxy) is 3. The number of carbonyl (C=O) groups excluding carboxylic acids is 1. The highest BCUT2D eigenvalue weighted by Crippen LogP contribution is 2.35. The maximum atomic E-state index is 13.3. The number of aromatic hydroxyl groups is 1. The number of phenols is 1. The lowest BCUT2D eigenvalue weighted by atomic mass is 10.2. The Balaban J connectivity index is 1.62. The van der Waals surface area contributed by atoms with E-state index in [1.807, 2.05) is 13.0 Å². The van der Waals surface area contributed by atoms with E-state index >= 15 is 0 Å². The fourth-order valence-electron chi connectivity index (χ4n) is 3.40. The Kier molecular flexibility index (Phi) is 7.96. The van der Waals surface area contributed by atoms with Gasteiger partial charge >= 0.3 is 0 Å². The largest absolute Gasteiger partial charge is 0.504 e. The molecule has 1 amide bonds. The highest BCUT2D eigenvalue weighted by molar-refractivity contribution is 8.18. The van der Waals surface area contributed by atoms with Crippen LogP contribution >= 0.6 is 11.8 Å². The number of furan rings is 1. The first-order valence-electron chi connectivity index (χ1n) is 11.0. The summed E-state index contributed by atoms with van der Waals surface area (Å²) < 4.78 is 21.5. The lowest BCUT2D eigenvalue weighted by molar-refractivity contribution is -0.122. The molecule has 10 heteroatoms. The van der Waals surface area contributed by atoms with Gasteiger partial charge in [0.2, 0.25) is 0 Å². The van der Waals surface area contributed by atoms with Crippen LogP contribution in [-0.4, -0.2) is 48.1 Å². The van der Waals surface area contributed by atoms with Crippen LogP contribution in [0.2, 0.25) is 0 Å². The van der Waals surface area contributed by atoms with E-state index < -0.39 is 0 Å². The van der Waals surface area contributed by atoms with E-state index in [2.05, 4.69) is 10.2 Å². The van der Waals surface area contributed by atoms with Crippen LogP contribution in [0.1, 0.15) is 23.8 Å². The number of thioether (sulfide) groups is 1. The molecule has 1 fully saturated rings. The number of phenolic OH excluding ortho intramolecular Hbond substituents is 1. The summed E-state index contributed by atoms with van der Waals surface area (Å²) in [7, 11) is 3.13. The summed E-state index contributed by atoms with van der Waals surface area (Å²) >= 11 is 1.20. The topological polar surface area (TPSA) is 106 Å². The van der Waals surface area contributed by atoms with Crippen molar-refractivity contribution in [3.8, 4) is 23.0 Å². The van der Waals surface area contributed by atoms with Gasteiger partial charge < -0.3 is 23.7 Å². The lowest BCUT2D eigenvalue weighted by Crippen LogP contribution is -2.28. The molecule has 4 rings (SSSR count). The Morgan fingerprint density at radius 1 is 1.06 bits per heavy atom. The molecule has 2 heterocycles. The zero-order chi connectivity index (χ0) is 25.5. The fourth-order valence-corrected chi connectivity index (χ4v) is 4.34. The quantitative estimate of drug-likeness (QED) is 0.249. The zero-order valence-corrected chi connectivity index (χ0v) is 20.8. The molecule has 0 bridgehead atoms. The van der Waals surface area contributed by atoms with E-state index in [9.17, 15) is 9.90 Å². The SMILES string of the molecule is CCOc1cc(/C=C2\S/C(=N\N=C\c3ccc(OC)c(OC)c3)N(Cc3ccco3)C2=O)ccc1O.